The van der Waals surface area contributed by atoms with E-state index in [9.17, 15) is 13.2 Å². The summed E-state index contributed by atoms with van der Waals surface area (Å²) in [5.74, 6) is -0.532. The average Bonchev–Trinajstić information content (AvgIpc) is 3.03. The minimum atomic E-state index is -3.90. The van der Waals surface area contributed by atoms with Crippen LogP contribution in [0.1, 0.15) is 21.5 Å². The number of nitrogens with zero attached hydrogens (tertiary/aromatic N) is 2. The highest BCUT2D eigenvalue weighted by Gasteiger charge is 2.19. The average molecular weight is 486 g/mol. The van der Waals surface area contributed by atoms with Crippen LogP contribution in [0.3, 0.4) is 0 Å². The Morgan fingerprint density at radius 3 is 2.41 bits per heavy atom. The smallest absolute Gasteiger partial charge is 0.281 e. The van der Waals surface area contributed by atoms with Crippen molar-refractivity contribution in [3.63, 3.8) is 0 Å². The topological polar surface area (TPSA) is 80.5 Å². The molecule has 0 radical (unpaired) electrons. The lowest BCUT2D eigenvalue weighted by atomic mass is 10.1. The molecule has 6 nitrogen and oxygen atoms in total. The Hall–Kier alpha value is -2.94. The van der Waals surface area contributed by atoms with Gasteiger partial charge in [0, 0.05) is 12.1 Å². The van der Waals surface area contributed by atoms with Crippen LogP contribution in [0.4, 0.5) is 5.69 Å². The van der Waals surface area contributed by atoms with Crippen molar-refractivity contribution in [3.8, 4) is 0 Å². The van der Waals surface area contributed by atoms with Crippen molar-refractivity contribution >= 4 is 54.8 Å². The first-order valence-corrected chi connectivity index (χ1v) is 12.4. The number of rotatable bonds is 4. The fourth-order valence-corrected chi connectivity index (χ4v) is 5.51. The number of aromatic nitrogens is 1. The second-order valence-corrected chi connectivity index (χ2v) is 10.5. The van der Waals surface area contributed by atoms with Crippen LogP contribution < -0.4 is 9.52 Å². The highest BCUT2D eigenvalue weighted by atomic mass is 35.5. The van der Waals surface area contributed by atoms with Crippen LogP contribution in [-0.2, 0) is 17.1 Å². The Kier molecular flexibility index (Phi) is 5.94. The number of hydrogen-bond acceptors (Lipinski definition) is 4. The van der Waals surface area contributed by atoms with Crippen LogP contribution in [-0.4, -0.2) is 18.9 Å². The summed E-state index contributed by atoms with van der Waals surface area (Å²) in [5.41, 5.74) is 3.63. The van der Waals surface area contributed by atoms with Crippen molar-refractivity contribution in [1.82, 2.24) is 4.57 Å². The molecule has 4 rings (SSSR count). The molecule has 1 amide bonds. The minimum absolute atomic E-state index is 0.0442. The number of carbonyl (C=O) groups excluding carboxylic acids is 1. The van der Waals surface area contributed by atoms with Crippen molar-refractivity contribution < 1.29 is 13.2 Å². The maximum atomic E-state index is 13.0. The third-order valence-corrected chi connectivity index (χ3v) is 7.88. The van der Waals surface area contributed by atoms with Gasteiger partial charge in [0.25, 0.3) is 15.9 Å². The molecule has 164 valence electrons. The van der Waals surface area contributed by atoms with Crippen molar-refractivity contribution in [2.45, 2.75) is 18.7 Å². The second kappa shape index (κ2) is 8.54. The lowest BCUT2D eigenvalue weighted by molar-refractivity contribution is 0.0999. The SMILES string of the molecule is Cc1cc2sc(=NC(=O)c3ccccc3NS(=O)(=O)c3ccc(Cl)cc3)n(C)c2cc1C. The van der Waals surface area contributed by atoms with E-state index in [0.29, 0.717) is 9.82 Å². The van der Waals surface area contributed by atoms with Crippen molar-refractivity contribution in [1.29, 1.82) is 0 Å². The zero-order valence-corrected chi connectivity index (χ0v) is 20.0. The molecule has 0 bridgehead atoms. The Morgan fingerprint density at radius 1 is 1.03 bits per heavy atom. The summed E-state index contributed by atoms with van der Waals surface area (Å²) < 4.78 is 30.9. The van der Waals surface area contributed by atoms with Crippen LogP contribution >= 0.6 is 22.9 Å². The van der Waals surface area contributed by atoms with E-state index in [-0.39, 0.29) is 16.1 Å². The Labute approximate surface area is 194 Å². The van der Waals surface area contributed by atoms with Crippen LogP contribution in [0.15, 0.2) is 70.6 Å². The number of hydrogen-bond donors (Lipinski definition) is 1. The molecule has 4 aromatic rings. The molecule has 0 fully saturated rings. The number of nitrogens with one attached hydrogen (secondary N) is 1. The van der Waals surface area contributed by atoms with E-state index in [0.717, 1.165) is 15.8 Å². The molecule has 0 spiro atoms. The number of aryl methyl sites for hydroxylation is 3. The molecule has 9 heteroatoms. The lowest BCUT2D eigenvalue weighted by Crippen LogP contribution is -2.17. The van der Waals surface area contributed by atoms with E-state index < -0.39 is 15.9 Å². The van der Waals surface area contributed by atoms with Crippen LogP contribution in [0.2, 0.25) is 5.02 Å². The first kappa shape index (κ1) is 22.3. The minimum Gasteiger partial charge on any atom is -0.319 e. The molecule has 3 aromatic carbocycles. The highest BCUT2D eigenvalue weighted by Crippen LogP contribution is 2.23. The summed E-state index contributed by atoms with van der Waals surface area (Å²) in [6, 6.07) is 16.3. The van der Waals surface area contributed by atoms with Gasteiger partial charge >= 0.3 is 0 Å². The highest BCUT2D eigenvalue weighted by molar-refractivity contribution is 7.92. The molecule has 0 aliphatic carbocycles. The van der Waals surface area contributed by atoms with Gasteiger partial charge in [0.15, 0.2) is 4.80 Å². The number of halogens is 1. The maximum Gasteiger partial charge on any atom is 0.281 e. The maximum absolute atomic E-state index is 13.0. The van der Waals surface area contributed by atoms with Crippen LogP contribution in [0.25, 0.3) is 10.2 Å². The van der Waals surface area contributed by atoms with Crippen LogP contribution in [0, 0.1) is 13.8 Å². The molecule has 32 heavy (non-hydrogen) atoms. The van der Waals surface area contributed by atoms with Gasteiger partial charge in [-0.05, 0) is 73.5 Å². The molecular formula is C23H20ClN3O3S2. The number of carbonyl (C=O) groups is 1. The zero-order valence-electron chi connectivity index (χ0n) is 17.6. The predicted molar refractivity (Wildman–Crippen MR) is 129 cm³/mol. The Balaban J connectivity index is 1.73. The standard InChI is InChI=1S/C23H20ClN3O3S2/c1-14-12-20-21(13-15(14)2)31-23(27(20)3)25-22(28)18-6-4-5-7-19(18)26-32(29,30)17-10-8-16(24)9-11-17/h4-13,26H,1-3H3. The van der Waals surface area contributed by atoms with Gasteiger partial charge in [0.05, 0.1) is 26.4 Å². The number of sulfonamides is 1. The fraction of sp³-hybridized carbons (Fsp3) is 0.130. The van der Waals surface area contributed by atoms with Gasteiger partial charge in [-0.2, -0.15) is 4.99 Å². The Bertz CT molecular complexity index is 1520. The molecule has 0 aliphatic rings. The van der Waals surface area contributed by atoms with Crippen molar-refractivity contribution in [3.05, 3.63) is 87.2 Å². The number of amides is 1. The molecular weight excluding hydrogens is 466 g/mol. The summed E-state index contributed by atoms with van der Waals surface area (Å²) >= 11 is 7.26. The summed E-state index contributed by atoms with van der Waals surface area (Å²) in [6.45, 7) is 4.08. The first-order chi connectivity index (χ1) is 15.2. The third-order valence-electron chi connectivity index (χ3n) is 5.15. The molecule has 0 atom stereocenters. The number of benzene rings is 3. The lowest BCUT2D eigenvalue weighted by Gasteiger charge is -2.11. The monoisotopic (exact) mass is 485 g/mol. The van der Waals surface area contributed by atoms with Gasteiger partial charge in [0.1, 0.15) is 0 Å². The number of fused-ring (bicyclic) bond motifs is 1. The molecule has 0 saturated carbocycles. The van der Waals surface area contributed by atoms with Crippen molar-refractivity contribution in [2.75, 3.05) is 4.72 Å². The summed E-state index contributed by atoms with van der Waals surface area (Å²) in [5, 5.41) is 0.430. The fourth-order valence-electron chi connectivity index (χ4n) is 3.21. The summed E-state index contributed by atoms with van der Waals surface area (Å²) in [6.07, 6.45) is 0. The normalized spacial score (nSPS) is 12.3. The van der Waals surface area contributed by atoms with E-state index in [1.807, 2.05) is 25.5 Å². The van der Waals surface area contributed by atoms with Crippen LogP contribution in [0.5, 0.6) is 0 Å². The first-order valence-electron chi connectivity index (χ1n) is 9.69. The number of anilines is 1. The molecule has 0 unspecified atom stereocenters. The molecule has 0 saturated heterocycles. The molecule has 0 aliphatic heterocycles. The summed E-state index contributed by atoms with van der Waals surface area (Å²) in [7, 11) is -2.05. The van der Waals surface area contributed by atoms with E-state index in [2.05, 4.69) is 21.8 Å². The van der Waals surface area contributed by atoms with E-state index in [4.69, 9.17) is 11.6 Å². The second-order valence-electron chi connectivity index (χ2n) is 7.37. The van der Waals surface area contributed by atoms with Gasteiger partial charge in [0.2, 0.25) is 0 Å². The van der Waals surface area contributed by atoms with Gasteiger partial charge in [-0.25, -0.2) is 8.42 Å². The van der Waals surface area contributed by atoms with E-state index >= 15 is 0 Å². The van der Waals surface area contributed by atoms with E-state index in [1.54, 1.807) is 18.2 Å². The van der Waals surface area contributed by atoms with Crippen molar-refractivity contribution in [2.24, 2.45) is 12.0 Å². The summed E-state index contributed by atoms with van der Waals surface area (Å²) in [4.78, 5) is 17.9. The molecule has 1 aromatic heterocycles. The zero-order chi connectivity index (χ0) is 23.0. The van der Waals surface area contributed by atoms with Gasteiger partial charge in [-0.3, -0.25) is 9.52 Å². The van der Waals surface area contributed by atoms with Gasteiger partial charge < -0.3 is 4.57 Å². The number of para-hydroxylation sites is 1. The quantitative estimate of drug-likeness (QED) is 0.439. The molecule has 1 heterocycles. The number of thiazole rings is 1. The Morgan fingerprint density at radius 2 is 1.69 bits per heavy atom. The predicted octanol–water partition coefficient (Wildman–Crippen LogP) is 5.05. The van der Waals surface area contributed by atoms with Gasteiger partial charge in [-0.15, -0.1) is 0 Å². The van der Waals surface area contributed by atoms with Gasteiger partial charge in [-0.1, -0.05) is 35.1 Å². The third kappa shape index (κ3) is 4.34. The molecule has 1 N–H and O–H groups in total. The largest absolute Gasteiger partial charge is 0.319 e. The van der Waals surface area contributed by atoms with E-state index in [1.165, 1.54) is 47.2 Å².